The summed E-state index contributed by atoms with van der Waals surface area (Å²) >= 11 is 0. The van der Waals surface area contributed by atoms with Crippen LogP contribution in [0.2, 0.25) is 0 Å². The highest BCUT2D eigenvalue weighted by Gasteiger charge is 2.24. The molecule has 1 saturated heterocycles. The molecule has 0 bridgehead atoms. The van der Waals surface area contributed by atoms with Crippen molar-refractivity contribution in [2.75, 3.05) is 18.4 Å². The number of anilines is 1. The Hall–Kier alpha value is -3.22. The maximum absolute atomic E-state index is 13.3. The first-order chi connectivity index (χ1) is 14.4. The van der Waals surface area contributed by atoms with Gasteiger partial charge >= 0.3 is 0 Å². The molecule has 1 N–H and O–H groups in total. The molecule has 0 atom stereocenters. The summed E-state index contributed by atoms with van der Waals surface area (Å²) in [5.74, 6) is -0.297. The molecule has 0 saturated carbocycles. The molecule has 0 aliphatic carbocycles. The highest BCUT2D eigenvalue weighted by Crippen LogP contribution is 2.26. The number of likely N-dealkylation sites (tertiary alicyclic amines) is 1. The number of aromatic nitrogens is 3. The number of benzene rings is 1. The van der Waals surface area contributed by atoms with Crippen LogP contribution in [0.3, 0.4) is 0 Å². The monoisotopic (exact) mass is 405 g/mol. The summed E-state index contributed by atoms with van der Waals surface area (Å²) in [5.41, 5.74) is 3.89. The molecule has 2 amide bonds. The van der Waals surface area contributed by atoms with Crippen LogP contribution in [0.4, 0.5) is 5.69 Å². The number of para-hydroxylation sites is 1. The Balaban J connectivity index is 1.72. The van der Waals surface area contributed by atoms with Gasteiger partial charge in [-0.25, -0.2) is 9.67 Å². The van der Waals surface area contributed by atoms with Crippen molar-refractivity contribution in [3.8, 4) is 0 Å². The average Bonchev–Trinajstić information content (AvgIpc) is 3.38. The lowest BCUT2D eigenvalue weighted by Gasteiger charge is -2.19. The minimum absolute atomic E-state index is 0.0322. The van der Waals surface area contributed by atoms with E-state index < -0.39 is 0 Å². The smallest absolute Gasteiger partial charge is 0.256 e. The Bertz CT molecular complexity index is 1130. The zero-order valence-corrected chi connectivity index (χ0v) is 17.9. The second-order valence-electron chi connectivity index (χ2n) is 8.18. The van der Waals surface area contributed by atoms with Crippen molar-refractivity contribution in [2.24, 2.45) is 0 Å². The standard InChI is InChI=1S/C23H27N5O2/c1-14(2)28-21-19(13-24-28)18(12-16(4)25-21)22(29)26-20-15(3)8-7-9-17(20)23(30)27-10-5-6-11-27/h7-9,12-14H,5-6,10-11H2,1-4H3,(H,26,29). The molecule has 7 heteroatoms. The minimum atomic E-state index is -0.265. The third-order valence-corrected chi connectivity index (χ3v) is 5.56. The summed E-state index contributed by atoms with van der Waals surface area (Å²) < 4.78 is 1.81. The van der Waals surface area contributed by atoms with Crippen molar-refractivity contribution >= 4 is 28.5 Å². The summed E-state index contributed by atoms with van der Waals surface area (Å²) in [4.78, 5) is 32.8. The first-order valence-corrected chi connectivity index (χ1v) is 10.4. The van der Waals surface area contributed by atoms with Crippen LogP contribution in [0.5, 0.6) is 0 Å². The van der Waals surface area contributed by atoms with Crippen LogP contribution in [-0.4, -0.2) is 44.6 Å². The van der Waals surface area contributed by atoms with Gasteiger partial charge in [0, 0.05) is 24.8 Å². The predicted molar refractivity (Wildman–Crippen MR) is 117 cm³/mol. The number of aryl methyl sites for hydroxylation is 2. The quantitative estimate of drug-likeness (QED) is 0.708. The number of fused-ring (bicyclic) bond motifs is 1. The predicted octanol–water partition coefficient (Wildman–Crippen LogP) is 4.12. The molecule has 1 aliphatic heterocycles. The van der Waals surface area contributed by atoms with E-state index in [1.54, 1.807) is 18.3 Å². The van der Waals surface area contributed by atoms with Crippen LogP contribution in [0.25, 0.3) is 11.0 Å². The van der Waals surface area contributed by atoms with Gasteiger partial charge in [0.15, 0.2) is 5.65 Å². The van der Waals surface area contributed by atoms with Gasteiger partial charge in [-0.3, -0.25) is 9.59 Å². The lowest BCUT2D eigenvalue weighted by Crippen LogP contribution is -2.29. The van der Waals surface area contributed by atoms with Crippen LogP contribution in [0.1, 0.15) is 64.7 Å². The zero-order valence-electron chi connectivity index (χ0n) is 17.9. The highest BCUT2D eigenvalue weighted by molar-refractivity contribution is 6.14. The van der Waals surface area contributed by atoms with Gasteiger partial charge in [-0.05, 0) is 58.2 Å². The molecule has 3 heterocycles. The number of hydrogen-bond donors (Lipinski definition) is 1. The summed E-state index contributed by atoms with van der Waals surface area (Å²) in [6.07, 6.45) is 3.73. The van der Waals surface area contributed by atoms with Crippen molar-refractivity contribution < 1.29 is 9.59 Å². The summed E-state index contributed by atoms with van der Waals surface area (Å²) in [5, 5.41) is 8.12. The lowest BCUT2D eigenvalue weighted by atomic mass is 10.1. The second-order valence-corrected chi connectivity index (χ2v) is 8.18. The van der Waals surface area contributed by atoms with E-state index in [4.69, 9.17) is 0 Å². The van der Waals surface area contributed by atoms with Crippen LogP contribution in [0, 0.1) is 13.8 Å². The molecule has 0 radical (unpaired) electrons. The molecule has 7 nitrogen and oxygen atoms in total. The number of nitrogens with one attached hydrogen (secondary N) is 1. The molecule has 156 valence electrons. The first kappa shape index (κ1) is 20.1. The molecule has 0 spiro atoms. The third kappa shape index (κ3) is 3.56. The molecule has 3 aromatic rings. The fourth-order valence-electron chi connectivity index (χ4n) is 3.99. The van der Waals surface area contributed by atoms with Crippen molar-refractivity contribution in [2.45, 2.75) is 46.6 Å². The van der Waals surface area contributed by atoms with Crippen molar-refractivity contribution in [3.05, 3.63) is 52.8 Å². The number of carbonyl (C=O) groups excluding carboxylic acids is 2. The van der Waals surface area contributed by atoms with Gasteiger partial charge in [0.1, 0.15) is 0 Å². The first-order valence-electron chi connectivity index (χ1n) is 10.4. The summed E-state index contributed by atoms with van der Waals surface area (Å²) in [7, 11) is 0. The number of amides is 2. The Morgan fingerprint density at radius 1 is 1.10 bits per heavy atom. The maximum atomic E-state index is 13.3. The Labute approximate surface area is 176 Å². The number of hydrogen-bond acceptors (Lipinski definition) is 4. The average molecular weight is 406 g/mol. The second kappa shape index (κ2) is 7.89. The van der Waals surface area contributed by atoms with Gasteiger partial charge in [-0.15, -0.1) is 0 Å². The number of nitrogens with zero attached hydrogens (tertiary/aromatic N) is 4. The SMILES string of the molecule is Cc1cc(C(=O)Nc2c(C)cccc2C(=O)N2CCCC2)c2cnn(C(C)C)c2n1. The zero-order chi connectivity index (χ0) is 21.4. The summed E-state index contributed by atoms with van der Waals surface area (Å²) in [6, 6.07) is 7.45. The minimum Gasteiger partial charge on any atom is -0.339 e. The number of pyridine rings is 1. The molecule has 4 rings (SSSR count). The third-order valence-electron chi connectivity index (χ3n) is 5.56. The van der Waals surface area contributed by atoms with Gasteiger partial charge in [-0.2, -0.15) is 5.10 Å². The molecule has 1 fully saturated rings. The fourth-order valence-corrected chi connectivity index (χ4v) is 3.99. The van der Waals surface area contributed by atoms with E-state index in [9.17, 15) is 9.59 Å². The van der Waals surface area contributed by atoms with E-state index in [2.05, 4.69) is 15.4 Å². The van der Waals surface area contributed by atoms with E-state index in [1.165, 1.54) is 0 Å². The van der Waals surface area contributed by atoms with Crippen molar-refractivity contribution in [3.63, 3.8) is 0 Å². The Kier molecular flexibility index (Phi) is 5.28. The topological polar surface area (TPSA) is 80.1 Å². The summed E-state index contributed by atoms with van der Waals surface area (Å²) in [6.45, 7) is 9.35. The molecular weight excluding hydrogens is 378 g/mol. The normalized spacial score (nSPS) is 14.0. The van der Waals surface area contributed by atoms with Gasteiger partial charge < -0.3 is 10.2 Å². The molecule has 2 aromatic heterocycles. The number of carbonyl (C=O) groups is 2. The van der Waals surface area contributed by atoms with E-state index in [0.29, 0.717) is 27.8 Å². The van der Waals surface area contributed by atoms with E-state index in [1.807, 2.05) is 49.4 Å². The Morgan fingerprint density at radius 3 is 2.53 bits per heavy atom. The molecule has 30 heavy (non-hydrogen) atoms. The molecular formula is C23H27N5O2. The van der Waals surface area contributed by atoms with E-state index in [-0.39, 0.29) is 17.9 Å². The Morgan fingerprint density at radius 2 is 1.83 bits per heavy atom. The van der Waals surface area contributed by atoms with Crippen LogP contribution >= 0.6 is 0 Å². The number of rotatable bonds is 4. The van der Waals surface area contributed by atoms with Gasteiger partial charge in [0.2, 0.25) is 0 Å². The maximum Gasteiger partial charge on any atom is 0.256 e. The highest BCUT2D eigenvalue weighted by atomic mass is 16.2. The molecule has 1 aliphatic rings. The van der Waals surface area contributed by atoms with Crippen LogP contribution in [-0.2, 0) is 0 Å². The van der Waals surface area contributed by atoms with Crippen molar-refractivity contribution in [1.29, 1.82) is 0 Å². The van der Waals surface area contributed by atoms with E-state index in [0.717, 1.165) is 37.2 Å². The van der Waals surface area contributed by atoms with Gasteiger partial charge in [-0.1, -0.05) is 12.1 Å². The van der Waals surface area contributed by atoms with Gasteiger partial charge in [0.05, 0.1) is 28.4 Å². The molecule has 0 unspecified atom stereocenters. The molecule has 1 aromatic carbocycles. The van der Waals surface area contributed by atoms with Crippen LogP contribution < -0.4 is 5.32 Å². The fraction of sp³-hybridized carbons (Fsp3) is 0.391. The lowest BCUT2D eigenvalue weighted by molar-refractivity contribution is 0.0793. The van der Waals surface area contributed by atoms with Crippen molar-refractivity contribution in [1.82, 2.24) is 19.7 Å². The van der Waals surface area contributed by atoms with Gasteiger partial charge in [0.25, 0.3) is 11.8 Å². The van der Waals surface area contributed by atoms with Crippen LogP contribution in [0.15, 0.2) is 30.5 Å². The largest absolute Gasteiger partial charge is 0.339 e. The van der Waals surface area contributed by atoms with E-state index >= 15 is 0 Å².